The first-order valence-corrected chi connectivity index (χ1v) is 9.89. The number of hydrazone groups is 1. The third kappa shape index (κ3) is 4.62. The van der Waals surface area contributed by atoms with E-state index in [4.69, 9.17) is 10.00 Å². The summed E-state index contributed by atoms with van der Waals surface area (Å²) in [6.45, 7) is 0. The number of ether oxygens (including phenoxy) is 1. The zero-order valence-electron chi connectivity index (χ0n) is 15.5. The van der Waals surface area contributed by atoms with Crippen molar-refractivity contribution < 1.29 is 9.84 Å². The summed E-state index contributed by atoms with van der Waals surface area (Å²) in [5, 5.41) is 26.9. The maximum Gasteiger partial charge on any atom is 0.349 e. The number of aliphatic hydroxyl groups excluding tert-OH is 1. The van der Waals surface area contributed by atoms with E-state index in [2.05, 4.69) is 47.5 Å². The number of rotatable bonds is 2. The molecule has 0 fully saturated rings. The Labute approximate surface area is 220 Å². The van der Waals surface area contributed by atoms with Gasteiger partial charge in [-0.05, 0) is 50.1 Å². The number of hydrogen-bond acceptors (Lipinski definition) is 8. The number of H-pyrrole nitrogens is 1. The Hall–Kier alpha value is -2.01. The molecule has 1 unspecified atom stereocenters. The Bertz CT molecular complexity index is 1340. The molecule has 13 heteroatoms. The Morgan fingerprint density at radius 2 is 1.87 bits per heavy atom. The molecule has 2 aromatic carbocycles. The summed E-state index contributed by atoms with van der Waals surface area (Å²) in [7, 11) is 0. The molecule has 152 valence electrons. The minimum atomic E-state index is -0.949. The van der Waals surface area contributed by atoms with E-state index >= 15 is 0 Å². The second-order valence-electron chi connectivity index (χ2n) is 6.01. The summed E-state index contributed by atoms with van der Waals surface area (Å²) >= 11 is 6.78. The summed E-state index contributed by atoms with van der Waals surface area (Å²) in [5.74, 6) is 0.583. The number of aromatic nitrogens is 3. The SMILES string of the molecule is N#Cc1nn(-c2cc(Br)c(OC3=NNC(O)c4ccccc43)c(Br)c2)c(=O)[nH]c1=O.[Ca]. The van der Waals surface area contributed by atoms with Crippen molar-refractivity contribution in [2.24, 2.45) is 5.10 Å². The number of benzene rings is 2. The van der Waals surface area contributed by atoms with Gasteiger partial charge in [-0.1, -0.05) is 18.2 Å². The van der Waals surface area contributed by atoms with Crippen LogP contribution in [0.2, 0.25) is 0 Å². The van der Waals surface area contributed by atoms with Crippen LogP contribution in [-0.2, 0) is 0 Å². The van der Waals surface area contributed by atoms with E-state index in [1.807, 2.05) is 4.98 Å². The predicted molar refractivity (Wildman–Crippen MR) is 118 cm³/mol. The van der Waals surface area contributed by atoms with Crippen molar-refractivity contribution in [3.63, 3.8) is 0 Å². The molecule has 3 aromatic rings. The predicted octanol–water partition coefficient (Wildman–Crippen LogP) is 1.27. The molecular weight excluding hydrogens is 564 g/mol. The minimum Gasteiger partial charge on any atom is -0.435 e. The number of nitrogens with zero attached hydrogens (tertiary/aromatic N) is 4. The molecule has 0 amide bonds. The van der Waals surface area contributed by atoms with Gasteiger partial charge in [-0.15, -0.1) is 10.2 Å². The molecule has 10 nitrogen and oxygen atoms in total. The minimum absolute atomic E-state index is 0. The van der Waals surface area contributed by atoms with Crippen molar-refractivity contribution in [3.05, 3.63) is 83.0 Å². The molecule has 1 aliphatic heterocycles. The van der Waals surface area contributed by atoms with Crippen molar-refractivity contribution in [2.75, 3.05) is 0 Å². The zero-order chi connectivity index (χ0) is 21.4. The first-order valence-electron chi connectivity index (χ1n) is 8.30. The van der Waals surface area contributed by atoms with Gasteiger partial charge in [0.25, 0.3) is 5.56 Å². The van der Waals surface area contributed by atoms with Crippen molar-refractivity contribution in [3.8, 4) is 17.5 Å². The molecule has 0 bridgehead atoms. The third-order valence-corrected chi connectivity index (χ3v) is 5.31. The molecule has 2 heterocycles. The number of aromatic amines is 1. The number of aliphatic hydroxyl groups is 1. The van der Waals surface area contributed by atoms with E-state index in [9.17, 15) is 14.7 Å². The van der Waals surface area contributed by atoms with Crippen LogP contribution in [0.25, 0.3) is 5.69 Å². The van der Waals surface area contributed by atoms with Crippen LogP contribution in [0.3, 0.4) is 0 Å². The summed E-state index contributed by atoms with van der Waals surface area (Å²) in [5.41, 5.74) is 1.98. The molecule has 1 aliphatic rings. The van der Waals surface area contributed by atoms with E-state index in [-0.39, 0.29) is 49.3 Å². The van der Waals surface area contributed by atoms with Crippen molar-refractivity contribution >= 4 is 75.5 Å². The summed E-state index contributed by atoms with van der Waals surface area (Å²) in [6, 6.07) is 11.8. The molecule has 0 aliphatic carbocycles. The maximum atomic E-state index is 12.1. The Morgan fingerprint density at radius 1 is 1.19 bits per heavy atom. The average molecular weight is 574 g/mol. The normalized spacial score (nSPS) is 14.4. The van der Waals surface area contributed by atoms with E-state index in [1.165, 1.54) is 12.1 Å². The van der Waals surface area contributed by atoms with E-state index in [0.29, 0.717) is 25.8 Å². The smallest absolute Gasteiger partial charge is 0.349 e. The van der Waals surface area contributed by atoms with Gasteiger partial charge in [0.1, 0.15) is 6.07 Å². The number of nitriles is 1. The third-order valence-electron chi connectivity index (χ3n) is 4.13. The Balaban J connectivity index is 0.00000272. The van der Waals surface area contributed by atoms with Gasteiger partial charge in [0.05, 0.1) is 14.6 Å². The molecule has 0 spiro atoms. The number of nitrogens with one attached hydrogen (secondary N) is 2. The molecule has 4 rings (SSSR count). The molecule has 1 aromatic heterocycles. The van der Waals surface area contributed by atoms with Gasteiger partial charge >= 0.3 is 5.69 Å². The van der Waals surface area contributed by atoms with Crippen LogP contribution in [0.1, 0.15) is 23.0 Å². The van der Waals surface area contributed by atoms with E-state index < -0.39 is 23.2 Å². The average Bonchev–Trinajstić information content (AvgIpc) is 2.72. The molecule has 0 saturated heterocycles. The Kier molecular flexibility index (Phi) is 7.35. The van der Waals surface area contributed by atoms with Gasteiger partial charge in [-0.2, -0.15) is 9.94 Å². The fourth-order valence-corrected chi connectivity index (χ4v) is 4.09. The van der Waals surface area contributed by atoms with Crippen molar-refractivity contribution in [2.45, 2.75) is 6.23 Å². The van der Waals surface area contributed by atoms with E-state index in [0.717, 1.165) is 4.68 Å². The van der Waals surface area contributed by atoms with Crippen LogP contribution >= 0.6 is 31.9 Å². The largest absolute Gasteiger partial charge is 0.435 e. The van der Waals surface area contributed by atoms with Gasteiger partial charge < -0.3 is 9.84 Å². The molecular formula is C18H10Br2CaN6O4. The number of fused-ring (bicyclic) bond motifs is 1. The van der Waals surface area contributed by atoms with E-state index in [1.54, 1.807) is 30.3 Å². The maximum absolute atomic E-state index is 12.1. The van der Waals surface area contributed by atoms with Crippen molar-refractivity contribution in [1.82, 2.24) is 20.2 Å². The van der Waals surface area contributed by atoms with Crippen LogP contribution in [0.4, 0.5) is 0 Å². The van der Waals surface area contributed by atoms with Crippen LogP contribution in [0, 0.1) is 11.3 Å². The molecule has 3 N–H and O–H groups in total. The topological polar surface area (TPSA) is 145 Å². The first-order chi connectivity index (χ1) is 14.4. The van der Waals surface area contributed by atoms with Crippen molar-refractivity contribution in [1.29, 1.82) is 5.26 Å². The number of hydrogen-bond donors (Lipinski definition) is 3. The van der Waals surface area contributed by atoms with Gasteiger partial charge in [0, 0.05) is 48.9 Å². The second kappa shape index (κ2) is 9.64. The first kappa shape index (κ1) is 23.6. The Morgan fingerprint density at radius 3 is 2.55 bits per heavy atom. The van der Waals surface area contributed by atoms with Crippen LogP contribution in [-0.4, -0.2) is 63.5 Å². The summed E-state index contributed by atoms with van der Waals surface area (Å²) in [6.07, 6.45) is -0.949. The summed E-state index contributed by atoms with van der Waals surface area (Å²) in [4.78, 5) is 25.7. The molecule has 2 radical (unpaired) electrons. The van der Waals surface area contributed by atoms with Gasteiger partial charge in [-0.25, -0.2) is 4.79 Å². The van der Waals surface area contributed by atoms with Gasteiger partial charge in [0.2, 0.25) is 11.6 Å². The molecule has 1 atom stereocenters. The molecule has 0 saturated carbocycles. The monoisotopic (exact) mass is 572 g/mol. The van der Waals surface area contributed by atoms with Gasteiger partial charge in [-0.3, -0.25) is 15.2 Å². The second-order valence-corrected chi connectivity index (χ2v) is 7.72. The van der Waals surface area contributed by atoms with Crippen LogP contribution in [0.5, 0.6) is 5.75 Å². The fraction of sp³-hybridized carbons (Fsp3) is 0.0556. The van der Waals surface area contributed by atoms with Crippen LogP contribution in [0.15, 0.2) is 60.0 Å². The van der Waals surface area contributed by atoms with Gasteiger partial charge in [0.15, 0.2) is 12.0 Å². The van der Waals surface area contributed by atoms with Crippen LogP contribution < -0.4 is 21.4 Å². The molecule has 31 heavy (non-hydrogen) atoms. The zero-order valence-corrected chi connectivity index (χ0v) is 20.8. The number of halogens is 2. The summed E-state index contributed by atoms with van der Waals surface area (Å²) < 4.78 is 7.72. The standard InChI is InChI=1S/C18H10Br2N6O4.Ca/c19-11-5-8(26-18(29)22-16(28)13(7-21)25-26)6-12(20)14(11)30-17-10-4-2-1-3-9(10)15(27)23-24-17;/h1-6,15,23,27H,(H,22,28,29);. The quantitative estimate of drug-likeness (QED) is 0.391. The fourth-order valence-electron chi connectivity index (χ4n) is 2.77.